The van der Waals surface area contributed by atoms with Gasteiger partial charge < -0.3 is 19.9 Å². The van der Waals surface area contributed by atoms with Crippen molar-refractivity contribution in [2.45, 2.75) is 31.9 Å². The van der Waals surface area contributed by atoms with E-state index in [0.717, 1.165) is 24.3 Å². The van der Waals surface area contributed by atoms with Gasteiger partial charge in [0.2, 0.25) is 5.88 Å². The first-order valence-corrected chi connectivity index (χ1v) is 12.4. The van der Waals surface area contributed by atoms with Crippen molar-refractivity contribution in [3.63, 3.8) is 0 Å². The van der Waals surface area contributed by atoms with E-state index in [9.17, 15) is 14.3 Å². The van der Waals surface area contributed by atoms with Gasteiger partial charge >= 0.3 is 6.03 Å². The molecule has 0 saturated carbocycles. The Kier molecular flexibility index (Phi) is 8.75. The van der Waals surface area contributed by atoms with Gasteiger partial charge in [0.15, 0.2) is 0 Å². The number of nitrogens with zero attached hydrogens (tertiary/aromatic N) is 3. The normalized spacial score (nSPS) is 18.5. The number of benzene rings is 2. The van der Waals surface area contributed by atoms with Crippen LogP contribution in [0.15, 0.2) is 54.6 Å². The molecule has 0 aliphatic carbocycles. The molecule has 1 saturated heterocycles. The highest BCUT2D eigenvalue weighted by molar-refractivity contribution is 5.90. The quantitative estimate of drug-likeness (QED) is 0.386. The fourth-order valence-electron chi connectivity index (χ4n) is 4.51. The number of methoxy groups -OCH3 is 1. The first-order valence-electron chi connectivity index (χ1n) is 12.4. The molecule has 4 rings (SSSR count). The van der Waals surface area contributed by atoms with Crippen LogP contribution >= 0.6 is 0 Å². The van der Waals surface area contributed by atoms with Crippen molar-refractivity contribution in [3.05, 3.63) is 71.5 Å². The third-order valence-corrected chi connectivity index (χ3v) is 6.39. The van der Waals surface area contributed by atoms with Crippen molar-refractivity contribution in [3.8, 4) is 11.6 Å². The number of amides is 2. The van der Waals surface area contributed by atoms with Crippen molar-refractivity contribution in [2.75, 3.05) is 45.3 Å². The van der Waals surface area contributed by atoms with Gasteiger partial charge in [-0.2, -0.15) is 0 Å². The summed E-state index contributed by atoms with van der Waals surface area (Å²) in [5.41, 5.74) is 2.36. The molecule has 198 valence electrons. The third-order valence-electron chi connectivity index (χ3n) is 6.39. The van der Waals surface area contributed by atoms with Crippen LogP contribution in [0, 0.1) is 12.7 Å². The van der Waals surface area contributed by atoms with Gasteiger partial charge in [0, 0.05) is 32.7 Å². The standard InChI is InChI=1S/C27H34FN5O4/c1-18(34)17-37-26-19(2)25(33(31-26)22-7-5-4-6-8-22)30-27(35)29-24-16-32(13-14-36-3)15-23(24)20-9-11-21(28)12-10-20/h4-12,18,23-24,34H,13-17H2,1-3H3,(H2,29,30,35). The third kappa shape index (κ3) is 6.65. The van der Waals surface area contributed by atoms with Crippen LogP contribution in [0.3, 0.4) is 0 Å². The summed E-state index contributed by atoms with van der Waals surface area (Å²) in [7, 11) is 1.66. The molecule has 0 spiro atoms. The molecule has 2 aromatic carbocycles. The van der Waals surface area contributed by atoms with E-state index in [1.807, 2.05) is 37.3 Å². The number of carbonyl (C=O) groups is 1. The highest BCUT2D eigenvalue weighted by Gasteiger charge is 2.35. The second-order valence-electron chi connectivity index (χ2n) is 9.30. The number of anilines is 1. The lowest BCUT2D eigenvalue weighted by molar-refractivity contribution is 0.119. The summed E-state index contributed by atoms with van der Waals surface area (Å²) in [5, 5.41) is 20.2. The lowest BCUT2D eigenvalue weighted by Crippen LogP contribution is -2.42. The van der Waals surface area contributed by atoms with Gasteiger partial charge in [0.05, 0.1) is 30.0 Å². The molecule has 1 fully saturated rings. The van der Waals surface area contributed by atoms with Crippen LogP contribution in [0.5, 0.6) is 5.88 Å². The van der Waals surface area contributed by atoms with Crippen LogP contribution in [0.4, 0.5) is 15.0 Å². The van der Waals surface area contributed by atoms with E-state index in [4.69, 9.17) is 9.47 Å². The SMILES string of the molecule is COCCN1CC(NC(=O)Nc2c(C)c(OCC(C)O)nn2-c2ccccc2)C(c2ccc(F)cc2)C1. The van der Waals surface area contributed by atoms with E-state index in [-0.39, 0.29) is 30.4 Å². The molecule has 3 aromatic rings. The number of likely N-dealkylation sites (tertiary alicyclic amines) is 1. The molecule has 0 bridgehead atoms. The van der Waals surface area contributed by atoms with Crippen molar-refractivity contribution >= 4 is 11.8 Å². The fourth-order valence-corrected chi connectivity index (χ4v) is 4.51. The number of hydrogen-bond donors (Lipinski definition) is 3. The Labute approximate surface area is 216 Å². The zero-order valence-corrected chi connectivity index (χ0v) is 21.4. The maximum absolute atomic E-state index is 13.5. The second-order valence-corrected chi connectivity index (χ2v) is 9.30. The number of para-hydroxylation sites is 1. The van der Waals surface area contributed by atoms with E-state index in [0.29, 0.717) is 30.4 Å². The molecule has 3 unspecified atom stereocenters. The smallest absolute Gasteiger partial charge is 0.320 e. The van der Waals surface area contributed by atoms with Crippen molar-refractivity contribution in [1.82, 2.24) is 20.0 Å². The molecule has 0 radical (unpaired) electrons. The summed E-state index contributed by atoms with van der Waals surface area (Å²) in [6, 6.07) is 15.3. The van der Waals surface area contributed by atoms with Crippen LogP contribution < -0.4 is 15.4 Å². The van der Waals surface area contributed by atoms with Crippen molar-refractivity contribution < 1.29 is 23.8 Å². The van der Waals surface area contributed by atoms with Crippen LogP contribution in [0.2, 0.25) is 0 Å². The zero-order valence-electron chi connectivity index (χ0n) is 21.4. The number of urea groups is 1. The highest BCUT2D eigenvalue weighted by Crippen LogP contribution is 2.30. The maximum Gasteiger partial charge on any atom is 0.320 e. The molecule has 3 N–H and O–H groups in total. The van der Waals surface area contributed by atoms with Gasteiger partial charge in [-0.05, 0) is 43.7 Å². The summed E-state index contributed by atoms with van der Waals surface area (Å²) in [5.74, 6) is 0.500. The Morgan fingerprint density at radius 1 is 1.19 bits per heavy atom. The Morgan fingerprint density at radius 2 is 1.92 bits per heavy atom. The summed E-state index contributed by atoms with van der Waals surface area (Å²) < 4.78 is 26.1. The predicted molar refractivity (Wildman–Crippen MR) is 139 cm³/mol. The van der Waals surface area contributed by atoms with Gasteiger partial charge in [-0.3, -0.25) is 10.2 Å². The lowest BCUT2D eigenvalue weighted by atomic mass is 9.94. The van der Waals surface area contributed by atoms with E-state index >= 15 is 0 Å². The molecule has 1 aliphatic heterocycles. The number of rotatable bonds is 10. The summed E-state index contributed by atoms with van der Waals surface area (Å²) in [6.07, 6.45) is -0.659. The molecule has 1 aliphatic rings. The molecular weight excluding hydrogens is 477 g/mol. The summed E-state index contributed by atoms with van der Waals surface area (Å²) >= 11 is 0. The Balaban J connectivity index is 1.55. The Morgan fingerprint density at radius 3 is 2.59 bits per heavy atom. The fraction of sp³-hybridized carbons (Fsp3) is 0.407. The largest absolute Gasteiger partial charge is 0.474 e. The number of ether oxygens (including phenoxy) is 2. The number of aliphatic hydroxyl groups is 1. The van der Waals surface area contributed by atoms with E-state index < -0.39 is 6.10 Å². The molecule has 2 heterocycles. The van der Waals surface area contributed by atoms with Gasteiger partial charge in [-0.1, -0.05) is 30.3 Å². The minimum atomic E-state index is -0.659. The minimum Gasteiger partial charge on any atom is -0.474 e. The monoisotopic (exact) mass is 511 g/mol. The summed E-state index contributed by atoms with van der Waals surface area (Å²) in [6.45, 7) is 6.19. The topological polar surface area (TPSA) is 101 Å². The van der Waals surface area contributed by atoms with Gasteiger partial charge in [-0.25, -0.2) is 13.9 Å². The number of nitrogens with one attached hydrogen (secondary N) is 2. The predicted octanol–water partition coefficient (Wildman–Crippen LogP) is 3.32. The molecule has 2 amide bonds. The molecule has 9 nitrogen and oxygen atoms in total. The van der Waals surface area contributed by atoms with Crippen molar-refractivity contribution in [1.29, 1.82) is 0 Å². The van der Waals surface area contributed by atoms with Gasteiger partial charge in [-0.15, -0.1) is 5.10 Å². The lowest BCUT2D eigenvalue weighted by Gasteiger charge is -2.21. The first kappa shape index (κ1) is 26.6. The zero-order chi connectivity index (χ0) is 26.4. The van der Waals surface area contributed by atoms with Gasteiger partial charge in [0.1, 0.15) is 18.2 Å². The van der Waals surface area contributed by atoms with Crippen LogP contribution in [-0.2, 0) is 4.74 Å². The number of aromatic nitrogens is 2. The molecule has 1 aromatic heterocycles. The highest BCUT2D eigenvalue weighted by atomic mass is 19.1. The molecule has 37 heavy (non-hydrogen) atoms. The number of carbonyl (C=O) groups excluding carboxylic acids is 1. The first-order chi connectivity index (χ1) is 17.9. The van der Waals surface area contributed by atoms with E-state index in [1.165, 1.54) is 12.1 Å². The summed E-state index contributed by atoms with van der Waals surface area (Å²) in [4.78, 5) is 15.5. The maximum atomic E-state index is 13.5. The minimum absolute atomic E-state index is 0.00623. The Bertz CT molecular complexity index is 1170. The average Bonchev–Trinajstić information content (AvgIpc) is 3.43. The van der Waals surface area contributed by atoms with Crippen LogP contribution in [0.1, 0.15) is 24.0 Å². The van der Waals surface area contributed by atoms with E-state index in [1.54, 1.807) is 30.8 Å². The molecule has 3 atom stereocenters. The van der Waals surface area contributed by atoms with Crippen LogP contribution in [0.25, 0.3) is 5.69 Å². The van der Waals surface area contributed by atoms with E-state index in [2.05, 4.69) is 20.6 Å². The van der Waals surface area contributed by atoms with Crippen molar-refractivity contribution in [2.24, 2.45) is 0 Å². The average molecular weight is 512 g/mol. The molecular formula is C27H34FN5O4. The van der Waals surface area contributed by atoms with Crippen LogP contribution in [-0.4, -0.2) is 77.9 Å². The number of aliphatic hydroxyl groups excluding tert-OH is 1. The number of hydrogen-bond acceptors (Lipinski definition) is 6. The second kappa shape index (κ2) is 12.2. The Hall–Kier alpha value is -3.47. The molecule has 10 heteroatoms. The van der Waals surface area contributed by atoms with Gasteiger partial charge in [0.25, 0.3) is 0 Å². The number of halogens is 1.